The standard InChI is InChI=1S/C16H19FN2O2/c1-10(2)14(16(20)21-3)19-9-11-6-7-13(17)12-5-4-8-18-15(11)12/h4-8,10,14,19H,9H2,1-3H3. The largest absolute Gasteiger partial charge is 0.468 e. The summed E-state index contributed by atoms with van der Waals surface area (Å²) in [5.41, 5.74) is 1.46. The highest BCUT2D eigenvalue weighted by molar-refractivity contribution is 5.82. The number of halogens is 1. The maximum atomic E-state index is 13.7. The number of aromatic nitrogens is 1. The van der Waals surface area contributed by atoms with E-state index in [-0.39, 0.29) is 17.7 Å². The third-order valence-electron chi connectivity index (χ3n) is 3.43. The first kappa shape index (κ1) is 15.4. The molecule has 1 heterocycles. The zero-order valence-electron chi connectivity index (χ0n) is 12.4. The maximum absolute atomic E-state index is 13.7. The van der Waals surface area contributed by atoms with E-state index in [4.69, 9.17) is 4.74 Å². The van der Waals surface area contributed by atoms with E-state index in [1.54, 1.807) is 24.4 Å². The molecule has 0 spiro atoms. The number of benzene rings is 1. The molecule has 0 bridgehead atoms. The summed E-state index contributed by atoms with van der Waals surface area (Å²) < 4.78 is 18.5. The Hall–Kier alpha value is -2.01. The van der Waals surface area contributed by atoms with Crippen molar-refractivity contribution in [3.05, 3.63) is 41.8 Å². The molecule has 0 saturated heterocycles. The predicted octanol–water partition coefficient (Wildman–Crippen LogP) is 2.66. The molecule has 0 fully saturated rings. The van der Waals surface area contributed by atoms with Gasteiger partial charge in [-0.1, -0.05) is 19.9 Å². The lowest BCUT2D eigenvalue weighted by atomic mass is 10.0. The molecule has 1 aromatic carbocycles. The van der Waals surface area contributed by atoms with Crippen molar-refractivity contribution in [1.82, 2.24) is 10.3 Å². The Kier molecular flexibility index (Phi) is 4.85. The topological polar surface area (TPSA) is 51.2 Å². The first-order chi connectivity index (χ1) is 10.0. The number of carbonyl (C=O) groups excluding carboxylic acids is 1. The molecule has 4 nitrogen and oxygen atoms in total. The lowest BCUT2D eigenvalue weighted by Crippen LogP contribution is -2.41. The van der Waals surface area contributed by atoms with Gasteiger partial charge in [0, 0.05) is 18.1 Å². The molecule has 1 atom stereocenters. The lowest BCUT2D eigenvalue weighted by Gasteiger charge is -2.20. The molecule has 0 saturated carbocycles. The maximum Gasteiger partial charge on any atom is 0.323 e. The van der Waals surface area contributed by atoms with Gasteiger partial charge in [0.2, 0.25) is 0 Å². The normalized spacial score (nSPS) is 12.6. The predicted molar refractivity (Wildman–Crippen MR) is 79.2 cm³/mol. The summed E-state index contributed by atoms with van der Waals surface area (Å²) in [6, 6.07) is 6.10. The fraction of sp³-hybridized carbons (Fsp3) is 0.375. The lowest BCUT2D eigenvalue weighted by molar-refractivity contribution is -0.144. The van der Waals surface area contributed by atoms with E-state index in [2.05, 4.69) is 10.3 Å². The molecule has 1 aromatic heterocycles. The van der Waals surface area contributed by atoms with Crippen molar-refractivity contribution >= 4 is 16.9 Å². The van der Waals surface area contributed by atoms with Crippen LogP contribution in [0.15, 0.2) is 30.5 Å². The van der Waals surface area contributed by atoms with Gasteiger partial charge >= 0.3 is 5.97 Å². The molecule has 112 valence electrons. The molecule has 2 rings (SSSR count). The summed E-state index contributed by atoms with van der Waals surface area (Å²) in [6.07, 6.45) is 1.63. The number of hydrogen-bond acceptors (Lipinski definition) is 4. The summed E-state index contributed by atoms with van der Waals surface area (Å²) in [7, 11) is 1.37. The van der Waals surface area contributed by atoms with Crippen molar-refractivity contribution < 1.29 is 13.9 Å². The summed E-state index contributed by atoms with van der Waals surface area (Å²) in [5, 5.41) is 3.64. The van der Waals surface area contributed by atoms with Gasteiger partial charge in [-0.2, -0.15) is 0 Å². The highest BCUT2D eigenvalue weighted by atomic mass is 19.1. The molecule has 2 aromatic rings. The van der Waals surface area contributed by atoms with Gasteiger partial charge in [-0.25, -0.2) is 4.39 Å². The van der Waals surface area contributed by atoms with Crippen LogP contribution in [0.3, 0.4) is 0 Å². The molecular weight excluding hydrogens is 271 g/mol. The number of pyridine rings is 1. The van der Waals surface area contributed by atoms with E-state index < -0.39 is 6.04 Å². The first-order valence-corrected chi connectivity index (χ1v) is 6.88. The highest BCUT2D eigenvalue weighted by Crippen LogP contribution is 2.20. The number of hydrogen-bond donors (Lipinski definition) is 1. The Labute approximate surface area is 123 Å². The molecule has 0 aliphatic heterocycles. The third kappa shape index (κ3) is 3.36. The Bertz CT molecular complexity index is 643. The smallest absolute Gasteiger partial charge is 0.323 e. The summed E-state index contributed by atoms with van der Waals surface area (Å²) in [6.45, 7) is 4.30. The zero-order chi connectivity index (χ0) is 15.4. The van der Waals surface area contributed by atoms with Crippen LogP contribution < -0.4 is 5.32 Å². The fourth-order valence-electron chi connectivity index (χ4n) is 2.28. The zero-order valence-corrected chi connectivity index (χ0v) is 12.4. The first-order valence-electron chi connectivity index (χ1n) is 6.88. The summed E-state index contributed by atoms with van der Waals surface area (Å²) in [5.74, 6) is -0.503. The van der Waals surface area contributed by atoms with Gasteiger partial charge in [0.15, 0.2) is 0 Å². The average Bonchev–Trinajstić information content (AvgIpc) is 2.49. The Balaban J connectivity index is 2.24. The Morgan fingerprint density at radius 2 is 2.14 bits per heavy atom. The van der Waals surface area contributed by atoms with Crippen molar-refractivity contribution in [3.8, 4) is 0 Å². The van der Waals surface area contributed by atoms with Gasteiger partial charge in [-0.3, -0.25) is 15.1 Å². The number of nitrogens with one attached hydrogen (secondary N) is 1. The van der Waals surface area contributed by atoms with E-state index in [0.717, 1.165) is 5.56 Å². The van der Waals surface area contributed by atoms with Gasteiger partial charge in [-0.15, -0.1) is 0 Å². The number of nitrogens with zero attached hydrogens (tertiary/aromatic N) is 1. The van der Waals surface area contributed by atoms with Crippen LogP contribution in [-0.2, 0) is 16.1 Å². The van der Waals surface area contributed by atoms with Crippen LogP contribution in [0.2, 0.25) is 0 Å². The van der Waals surface area contributed by atoms with Crippen LogP contribution in [0, 0.1) is 11.7 Å². The molecule has 0 aliphatic carbocycles. The number of methoxy groups -OCH3 is 1. The van der Waals surface area contributed by atoms with E-state index >= 15 is 0 Å². The van der Waals surface area contributed by atoms with Crippen LogP contribution in [0.5, 0.6) is 0 Å². The van der Waals surface area contributed by atoms with Crippen molar-refractivity contribution in [3.63, 3.8) is 0 Å². The Morgan fingerprint density at radius 1 is 1.38 bits per heavy atom. The van der Waals surface area contributed by atoms with Gasteiger partial charge < -0.3 is 4.74 Å². The van der Waals surface area contributed by atoms with Crippen LogP contribution in [0.4, 0.5) is 4.39 Å². The number of ether oxygens (including phenoxy) is 1. The monoisotopic (exact) mass is 290 g/mol. The number of esters is 1. The number of carbonyl (C=O) groups is 1. The van der Waals surface area contributed by atoms with Crippen molar-refractivity contribution in [1.29, 1.82) is 0 Å². The average molecular weight is 290 g/mol. The van der Waals surface area contributed by atoms with Crippen molar-refractivity contribution in [2.75, 3.05) is 7.11 Å². The van der Waals surface area contributed by atoms with E-state index in [9.17, 15) is 9.18 Å². The summed E-state index contributed by atoms with van der Waals surface area (Å²) in [4.78, 5) is 16.0. The minimum absolute atomic E-state index is 0.0946. The minimum atomic E-state index is -0.404. The number of fused-ring (bicyclic) bond motifs is 1. The molecule has 0 radical (unpaired) electrons. The highest BCUT2D eigenvalue weighted by Gasteiger charge is 2.22. The van der Waals surface area contributed by atoms with Gasteiger partial charge in [0.05, 0.1) is 12.6 Å². The Morgan fingerprint density at radius 3 is 2.81 bits per heavy atom. The quantitative estimate of drug-likeness (QED) is 0.860. The van der Waals surface area contributed by atoms with Gasteiger partial charge in [-0.05, 0) is 29.7 Å². The molecule has 5 heteroatoms. The van der Waals surface area contributed by atoms with Gasteiger partial charge in [0.25, 0.3) is 0 Å². The molecule has 0 amide bonds. The van der Waals surface area contributed by atoms with Crippen LogP contribution in [0.25, 0.3) is 10.9 Å². The molecule has 0 aliphatic rings. The molecule has 1 unspecified atom stereocenters. The second-order valence-electron chi connectivity index (χ2n) is 5.23. The third-order valence-corrected chi connectivity index (χ3v) is 3.43. The SMILES string of the molecule is COC(=O)C(NCc1ccc(F)c2cccnc12)C(C)C. The van der Waals surface area contributed by atoms with Crippen LogP contribution >= 0.6 is 0 Å². The molecule has 21 heavy (non-hydrogen) atoms. The van der Waals surface area contributed by atoms with Crippen molar-refractivity contribution in [2.45, 2.75) is 26.4 Å². The van der Waals surface area contributed by atoms with E-state index in [1.807, 2.05) is 13.8 Å². The summed E-state index contributed by atoms with van der Waals surface area (Å²) >= 11 is 0. The fourth-order valence-corrected chi connectivity index (χ4v) is 2.28. The minimum Gasteiger partial charge on any atom is -0.468 e. The molecule has 1 N–H and O–H groups in total. The number of rotatable bonds is 5. The van der Waals surface area contributed by atoms with Gasteiger partial charge in [0.1, 0.15) is 11.9 Å². The van der Waals surface area contributed by atoms with E-state index in [1.165, 1.54) is 13.2 Å². The second-order valence-corrected chi connectivity index (χ2v) is 5.23. The molecular formula is C16H19FN2O2. The van der Waals surface area contributed by atoms with Crippen molar-refractivity contribution in [2.24, 2.45) is 5.92 Å². The van der Waals surface area contributed by atoms with Crippen LogP contribution in [-0.4, -0.2) is 24.1 Å². The van der Waals surface area contributed by atoms with Crippen LogP contribution in [0.1, 0.15) is 19.4 Å². The van der Waals surface area contributed by atoms with E-state index in [0.29, 0.717) is 17.4 Å². The second kappa shape index (κ2) is 6.63.